The lowest BCUT2D eigenvalue weighted by Gasteiger charge is -2.05. The van der Waals surface area contributed by atoms with Crippen LogP contribution in [0.25, 0.3) is 0 Å². The van der Waals surface area contributed by atoms with Gasteiger partial charge in [-0.1, -0.05) is 0 Å². The van der Waals surface area contributed by atoms with Gasteiger partial charge in [-0.05, 0) is 34.1 Å². The average molecular weight is 328 g/mol. The predicted octanol–water partition coefficient (Wildman–Crippen LogP) is 3.08. The van der Waals surface area contributed by atoms with Crippen molar-refractivity contribution in [3.8, 4) is 0 Å². The van der Waals surface area contributed by atoms with E-state index in [0.717, 1.165) is 12.3 Å². The maximum Gasteiger partial charge on any atom is 0.287 e. The molecule has 0 spiro atoms. The van der Waals surface area contributed by atoms with Gasteiger partial charge in [0.05, 0.1) is 16.8 Å². The first-order valence-corrected chi connectivity index (χ1v) is 5.86. The molecule has 0 aliphatic carbocycles. The maximum absolute atomic E-state index is 12.9. The van der Waals surface area contributed by atoms with Gasteiger partial charge >= 0.3 is 0 Å². The van der Waals surface area contributed by atoms with Gasteiger partial charge in [-0.25, -0.2) is 4.39 Å². The number of aromatic amines is 1. The highest BCUT2D eigenvalue weighted by Crippen LogP contribution is 2.24. The number of hydrogen-bond acceptors (Lipinski definition) is 3. The van der Waals surface area contributed by atoms with Gasteiger partial charge < -0.3 is 10.3 Å². The molecule has 0 atom stereocenters. The summed E-state index contributed by atoms with van der Waals surface area (Å²) in [4.78, 5) is 24.2. The zero-order chi connectivity index (χ0) is 14.0. The normalized spacial score (nSPS) is 10.2. The van der Waals surface area contributed by atoms with Gasteiger partial charge in [0.2, 0.25) is 0 Å². The molecule has 98 valence electrons. The largest absolute Gasteiger partial charge is 0.351 e. The summed E-state index contributed by atoms with van der Waals surface area (Å²) in [6.07, 6.45) is 1.12. The number of amides is 1. The smallest absolute Gasteiger partial charge is 0.287 e. The molecule has 8 heteroatoms. The SMILES string of the molecule is O=C(Nc1ccc(F)cc1Br)c1cc([N+](=O)[O-])c[nH]1. The number of hydrogen-bond donors (Lipinski definition) is 2. The molecule has 0 aliphatic rings. The zero-order valence-electron chi connectivity index (χ0n) is 9.31. The molecule has 1 amide bonds. The summed E-state index contributed by atoms with van der Waals surface area (Å²) in [5, 5.41) is 13.0. The van der Waals surface area contributed by atoms with Crippen LogP contribution >= 0.6 is 15.9 Å². The molecule has 1 aromatic heterocycles. The summed E-state index contributed by atoms with van der Waals surface area (Å²) in [5.74, 6) is -0.999. The van der Waals surface area contributed by atoms with Gasteiger partial charge in [-0.15, -0.1) is 0 Å². The molecule has 0 fully saturated rings. The highest BCUT2D eigenvalue weighted by Gasteiger charge is 2.15. The van der Waals surface area contributed by atoms with Crippen LogP contribution < -0.4 is 5.32 Å². The Balaban J connectivity index is 2.18. The van der Waals surface area contributed by atoms with E-state index in [1.807, 2.05) is 0 Å². The van der Waals surface area contributed by atoms with Crippen molar-refractivity contribution in [3.05, 3.63) is 56.6 Å². The van der Waals surface area contributed by atoms with Gasteiger partial charge in [0, 0.05) is 10.5 Å². The van der Waals surface area contributed by atoms with Crippen LogP contribution in [-0.4, -0.2) is 15.8 Å². The first-order valence-electron chi connectivity index (χ1n) is 5.06. The Bertz CT molecular complexity index is 656. The van der Waals surface area contributed by atoms with Crippen LogP contribution in [0.1, 0.15) is 10.5 Å². The standard InChI is InChI=1S/C11H7BrFN3O3/c12-8-3-6(13)1-2-9(8)15-11(17)10-4-7(5-14-10)16(18)19/h1-5,14H,(H,15,17). The third kappa shape index (κ3) is 2.97. The number of carbonyl (C=O) groups is 1. The van der Waals surface area contributed by atoms with Crippen LogP contribution in [0.2, 0.25) is 0 Å². The lowest BCUT2D eigenvalue weighted by atomic mass is 10.3. The van der Waals surface area contributed by atoms with E-state index in [9.17, 15) is 19.3 Å². The minimum atomic E-state index is -0.610. The third-order valence-corrected chi connectivity index (χ3v) is 2.96. The van der Waals surface area contributed by atoms with Crippen molar-refractivity contribution in [1.29, 1.82) is 0 Å². The Morgan fingerprint density at radius 1 is 1.42 bits per heavy atom. The Kier molecular flexibility index (Phi) is 3.61. The van der Waals surface area contributed by atoms with Crippen molar-refractivity contribution in [2.75, 3.05) is 5.32 Å². The van der Waals surface area contributed by atoms with E-state index in [2.05, 4.69) is 26.2 Å². The van der Waals surface area contributed by atoms with Crippen LogP contribution in [0.15, 0.2) is 34.9 Å². The molecule has 0 radical (unpaired) electrons. The molecule has 0 bridgehead atoms. The highest BCUT2D eigenvalue weighted by molar-refractivity contribution is 9.10. The van der Waals surface area contributed by atoms with E-state index in [1.54, 1.807) is 0 Å². The van der Waals surface area contributed by atoms with Crippen molar-refractivity contribution in [2.24, 2.45) is 0 Å². The summed E-state index contributed by atoms with van der Waals surface area (Å²) in [6, 6.07) is 4.89. The molecular formula is C11H7BrFN3O3. The average Bonchev–Trinajstić information content (AvgIpc) is 2.82. The van der Waals surface area contributed by atoms with Crippen molar-refractivity contribution in [3.63, 3.8) is 0 Å². The fourth-order valence-electron chi connectivity index (χ4n) is 1.40. The van der Waals surface area contributed by atoms with Gasteiger partial charge in [0.25, 0.3) is 11.6 Å². The molecule has 0 saturated heterocycles. The van der Waals surface area contributed by atoms with Crippen LogP contribution in [0, 0.1) is 15.9 Å². The van der Waals surface area contributed by atoms with E-state index in [0.29, 0.717) is 10.2 Å². The topological polar surface area (TPSA) is 88.0 Å². The summed E-state index contributed by atoms with van der Waals surface area (Å²) in [5.41, 5.74) is 0.204. The van der Waals surface area contributed by atoms with E-state index in [-0.39, 0.29) is 11.4 Å². The molecule has 19 heavy (non-hydrogen) atoms. The quantitative estimate of drug-likeness (QED) is 0.670. The van der Waals surface area contributed by atoms with Gasteiger partial charge in [-0.2, -0.15) is 0 Å². The number of nitrogens with one attached hydrogen (secondary N) is 2. The van der Waals surface area contributed by atoms with E-state index in [4.69, 9.17) is 0 Å². The maximum atomic E-state index is 12.9. The summed E-state index contributed by atoms with van der Waals surface area (Å²) < 4.78 is 13.3. The minimum absolute atomic E-state index is 0.0444. The second kappa shape index (κ2) is 5.19. The number of carbonyl (C=O) groups excluding carboxylic acids is 1. The van der Waals surface area contributed by atoms with Gasteiger partial charge in [0.15, 0.2) is 0 Å². The monoisotopic (exact) mass is 327 g/mol. The molecule has 1 aromatic carbocycles. The number of anilines is 1. The second-order valence-electron chi connectivity index (χ2n) is 3.61. The number of nitrogens with zero attached hydrogens (tertiary/aromatic N) is 1. The molecule has 0 saturated carbocycles. The number of aromatic nitrogens is 1. The third-order valence-electron chi connectivity index (χ3n) is 2.30. The number of halogens is 2. The Morgan fingerprint density at radius 3 is 2.74 bits per heavy atom. The van der Waals surface area contributed by atoms with Crippen LogP contribution in [0.5, 0.6) is 0 Å². The predicted molar refractivity (Wildman–Crippen MR) is 69.5 cm³/mol. The molecular weight excluding hydrogens is 321 g/mol. The molecule has 1 heterocycles. The second-order valence-corrected chi connectivity index (χ2v) is 4.46. The van der Waals surface area contributed by atoms with Crippen molar-refractivity contribution in [2.45, 2.75) is 0 Å². The summed E-state index contributed by atoms with van der Waals surface area (Å²) in [7, 11) is 0. The van der Waals surface area contributed by atoms with E-state index < -0.39 is 16.6 Å². The number of rotatable bonds is 3. The first-order chi connectivity index (χ1) is 8.97. The lowest BCUT2D eigenvalue weighted by molar-refractivity contribution is -0.384. The molecule has 0 aliphatic heterocycles. The molecule has 6 nitrogen and oxygen atoms in total. The number of nitro groups is 1. The van der Waals surface area contributed by atoms with E-state index in [1.165, 1.54) is 18.2 Å². The van der Waals surface area contributed by atoms with Crippen LogP contribution in [0.3, 0.4) is 0 Å². The van der Waals surface area contributed by atoms with Gasteiger partial charge in [0.1, 0.15) is 11.5 Å². The Labute approximate surface area is 114 Å². The highest BCUT2D eigenvalue weighted by atomic mass is 79.9. The Morgan fingerprint density at radius 2 is 2.16 bits per heavy atom. The first kappa shape index (κ1) is 13.2. The number of benzene rings is 1. The fourth-order valence-corrected chi connectivity index (χ4v) is 1.85. The molecule has 2 aromatic rings. The lowest BCUT2D eigenvalue weighted by Crippen LogP contribution is -2.12. The molecule has 0 unspecified atom stereocenters. The summed E-state index contributed by atoms with van der Waals surface area (Å²) >= 11 is 3.10. The molecule has 2 N–H and O–H groups in total. The fraction of sp³-hybridized carbons (Fsp3) is 0. The number of H-pyrrole nitrogens is 1. The van der Waals surface area contributed by atoms with Gasteiger partial charge in [-0.3, -0.25) is 14.9 Å². The summed E-state index contributed by atoms with van der Waals surface area (Å²) in [6.45, 7) is 0. The Hall–Kier alpha value is -2.22. The van der Waals surface area contributed by atoms with Crippen LogP contribution in [0.4, 0.5) is 15.8 Å². The van der Waals surface area contributed by atoms with Crippen molar-refractivity contribution >= 4 is 33.2 Å². The van der Waals surface area contributed by atoms with Crippen molar-refractivity contribution in [1.82, 2.24) is 4.98 Å². The molecule has 2 rings (SSSR count). The van der Waals surface area contributed by atoms with E-state index >= 15 is 0 Å². The van der Waals surface area contributed by atoms with Crippen molar-refractivity contribution < 1.29 is 14.1 Å². The zero-order valence-corrected chi connectivity index (χ0v) is 10.9. The van der Waals surface area contributed by atoms with Crippen LogP contribution in [-0.2, 0) is 0 Å². The minimum Gasteiger partial charge on any atom is -0.351 e.